The summed E-state index contributed by atoms with van der Waals surface area (Å²) < 4.78 is 41.8. The van der Waals surface area contributed by atoms with Gasteiger partial charge in [0.15, 0.2) is 5.82 Å². The van der Waals surface area contributed by atoms with Crippen molar-refractivity contribution in [2.75, 3.05) is 31.2 Å². The first-order valence-electron chi connectivity index (χ1n) is 17.8. The summed E-state index contributed by atoms with van der Waals surface area (Å²) in [7, 11) is 0. The van der Waals surface area contributed by atoms with Gasteiger partial charge in [0, 0.05) is 43.7 Å². The molecule has 4 aliphatic rings. The SMILES string of the molecule is C[C@@H](C1CCC(C)(C)CC1)C1NC1CC(=O)NC1CCC(Oc2cc(-n3c(C(F)F)nc4ccccc43)nc(N3CCOCC3)n2)CC1. The highest BCUT2D eigenvalue weighted by Gasteiger charge is 2.45. The van der Waals surface area contributed by atoms with Crippen molar-refractivity contribution in [1.82, 2.24) is 30.2 Å². The van der Waals surface area contributed by atoms with Crippen LogP contribution in [0, 0.1) is 17.3 Å². The van der Waals surface area contributed by atoms with Crippen LogP contribution in [-0.2, 0) is 9.53 Å². The first-order chi connectivity index (χ1) is 23.1. The Kier molecular flexibility index (Phi) is 9.56. The summed E-state index contributed by atoms with van der Waals surface area (Å²) in [6.45, 7) is 9.37. The maximum absolute atomic E-state index is 14.2. The number of aromatic nitrogens is 4. The first-order valence-corrected chi connectivity index (χ1v) is 17.8. The van der Waals surface area contributed by atoms with Crippen LogP contribution >= 0.6 is 0 Å². The van der Waals surface area contributed by atoms with Gasteiger partial charge in [0.2, 0.25) is 17.7 Å². The van der Waals surface area contributed by atoms with E-state index in [-0.39, 0.29) is 29.9 Å². The molecule has 7 rings (SSSR count). The summed E-state index contributed by atoms with van der Waals surface area (Å²) in [5.41, 5.74) is 1.48. The highest BCUT2D eigenvalue weighted by atomic mass is 19.3. The van der Waals surface area contributed by atoms with Crippen LogP contribution < -0.4 is 20.3 Å². The van der Waals surface area contributed by atoms with Gasteiger partial charge in [-0.05, 0) is 80.8 Å². The molecule has 0 bridgehead atoms. The number of benzene rings is 1. The van der Waals surface area contributed by atoms with E-state index < -0.39 is 6.43 Å². The van der Waals surface area contributed by atoms with Gasteiger partial charge in [-0.1, -0.05) is 32.9 Å². The van der Waals surface area contributed by atoms with Crippen molar-refractivity contribution in [2.45, 2.75) is 109 Å². The molecule has 4 fully saturated rings. The second-order valence-electron chi connectivity index (χ2n) is 15.1. The summed E-state index contributed by atoms with van der Waals surface area (Å²) in [4.78, 5) is 28.6. The molecule has 4 heterocycles. The van der Waals surface area contributed by atoms with Crippen LogP contribution in [-0.4, -0.2) is 76.0 Å². The van der Waals surface area contributed by atoms with Crippen LogP contribution in [0.5, 0.6) is 5.88 Å². The normalized spacial score (nSPS) is 26.8. The number of para-hydroxylation sites is 2. The third-order valence-corrected chi connectivity index (χ3v) is 11.1. The maximum atomic E-state index is 14.2. The van der Waals surface area contributed by atoms with Gasteiger partial charge in [0.25, 0.3) is 6.43 Å². The molecular formula is C36H49F2N7O3. The van der Waals surface area contributed by atoms with Crippen LogP contribution in [0.2, 0.25) is 0 Å². The molecule has 48 heavy (non-hydrogen) atoms. The molecule has 2 saturated heterocycles. The fourth-order valence-corrected chi connectivity index (χ4v) is 8.03. The molecule has 3 aromatic rings. The minimum Gasteiger partial charge on any atom is -0.474 e. The quantitative estimate of drug-likeness (QED) is 0.254. The average molecular weight is 666 g/mol. The number of anilines is 1. The molecule has 2 unspecified atom stereocenters. The standard InChI is InChI=1S/C36H49F2N7O3/c1-22(23-12-14-36(2,3)15-13-23)32-27(40-32)20-30(46)39-24-8-10-25(11-9-24)48-31-21-29(42-35(43-31)44-16-18-47-19-17-44)45-28-7-5-4-6-26(28)41-34(45)33(37)38/h4-7,21-25,27,32-33,40H,8-20H2,1-3H3,(H,39,46)/t22-,24?,25?,27?,32?/m0/s1. The van der Waals surface area contributed by atoms with Gasteiger partial charge in [-0.3, -0.25) is 9.36 Å². The molecule has 2 aliphatic heterocycles. The predicted molar refractivity (Wildman–Crippen MR) is 180 cm³/mol. The number of hydrogen-bond donors (Lipinski definition) is 2. The van der Waals surface area contributed by atoms with Crippen molar-refractivity contribution < 1.29 is 23.0 Å². The zero-order valence-electron chi connectivity index (χ0n) is 28.3. The van der Waals surface area contributed by atoms with Gasteiger partial charge < -0.3 is 25.0 Å². The third kappa shape index (κ3) is 7.44. The van der Waals surface area contributed by atoms with E-state index in [1.807, 2.05) is 4.90 Å². The smallest absolute Gasteiger partial charge is 0.296 e. The summed E-state index contributed by atoms with van der Waals surface area (Å²) in [5, 5.41) is 6.88. The molecule has 2 aliphatic carbocycles. The van der Waals surface area contributed by atoms with Gasteiger partial charge in [-0.2, -0.15) is 9.97 Å². The Morgan fingerprint density at radius 3 is 2.52 bits per heavy atom. The van der Waals surface area contributed by atoms with Crippen molar-refractivity contribution >= 4 is 22.9 Å². The molecule has 260 valence electrons. The molecular weight excluding hydrogens is 616 g/mol. The summed E-state index contributed by atoms with van der Waals surface area (Å²) in [6, 6.07) is 9.53. The van der Waals surface area contributed by atoms with Crippen LogP contribution in [0.3, 0.4) is 0 Å². The van der Waals surface area contributed by atoms with Crippen molar-refractivity contribution in [3.8, 4) is 11.7 Å². The van der Waals surface area contributed by atoms with Crippen LogP contribution in [0.4, 0.5) is 14.7 Å². The first kappa shape index (κ1) is 33.1. The van der Waals surface area contributed by atoms with Crippen LogP contribution in [0.1, 0.15) is 90.8 Å². The number of amides is 1. The lowest BCUT2D eigenvalue weighted by molar-refractivity contribution is -0.122. The number of alkyl halides is 2. The number of ether oxygens (including phenoxy) is 2. The van der Waals surface area contributed by atoms with E-state index >= 15 is 0 Å². The number of morpholine rings is 1. The van der Waals surface area contributed by atoms with E-state index in [2.05, 4.69) is 36.4 Å². The van der Waals surface area contributed by atoms with E-state index in [0.29, 0.717) is 78.8 Å². The fourth-order valence-electron chi connectivity index (χ4n) is 8.03. The highest BCUT2D eigenvalue weighted by molar-refractivity contribution is 5.78. The molecule has 1 aromatic carbocycles. The minimum atomic E-state index is -2.79. The Morgan fingerprint density at radius 2 is 1.79 bits per heavy atom. The molecule has 2 saturated carbocycles. The number of nitrogens with zero attached hydrogens (tertiary/aromatic N) is 5. The monoisotopic (exact) mass is 665 g/mol. The summed E-state index contributed by atoms with van der Waals surface area (Å²) in [5.74, 6) is 2.15. The lowest BCUT2D eigenvalue weighted by atomic mass is 9.69. The molecule has 1 amide bonds. The Balaban J connectivity index is 0.968. The summed E-state index contributed by atoms with van der Waals surface area (Å²) in [6.07, 6.45) is 5.93. The predicted octanol–water partition coefficient (Wildman–Crippen LogP) is 5.98. The van der Waals surface area contributed by atoms with E-state index in [0.717, 1.165) is 31.6 Å². The average Bonchev–Trinajstić information content (AvgIpc) is 3.72. The van der Waals surface area contributed by atoms with Crippen molar-refractivity contribution in [1.29, 1.82) is 0 Å². The molecule has 12 heteroatoms. The second kappa shape index (κ2) is 13.9. The van der Waals surface area contributed by atoms with E-state index in [9.17, 15) is 13.6 Å². The molecule has 2 aromatic heterocycles. The second-order valence-corrected chi connectivity index (χ2v) is 15.1. The van der Waals surface area contributed by atoms with Crippen molar-refractivity contribution in [3.63, 3.8) is 0 Å². The van der Waals surface area contributed by atoms with E-state index in [1.165, 1.54) is 30.3 Å². The number of nitrogens with one attached hydrogen (secondary N) is 2. The van der Waals surface area contributed by atoms with E-state index in [1.54, 1.807) is 30.3 Å². The molecule has 10 nitrogen and oxygen atoms in total. The van der Waals surface area contributed by atoms with Gasteiger partial charge >= 0.3 is 0 Å². The van der Waals surface area contributed by atoms with Crippen molar-refractivity contribution in [3.05, 3.63) is 36.2 Å². The van der Waals surface area contributed by atoms with Gasteiger partial charge in [-0.15, -0.1) is 0 Å². The number of halogens is 2. The van der Waals surface area contributed by atoms with Crippen LogP contribution in [0.15, 0.2) is 30.3 Å². The molecule has 3 atom stereocenters. The van der Waals surface area contributed by atoms with Crippen LogP contribution in [0.25, 0.3) is 16.9 Å². The number of carbonyl (C=O) groups excluding carboxylic acids is 1. The lowest BCUT2D eigenvalue weighted by Gasteiger charge is -2.37. The largest absolute Gasteiger partial charge is 0.474 e. The number of hydrogen-bond acceptors (Lipinski definition) is 8. The van der Waals surface area contributed by atoms with Gasteiger partial charge in [0.1, 0.15) is 11.9 Å². The van der Waals surface area contributed by atoms with Crippen molar-refractivity contribution in [2.24, 2.45) is 17.3 Å². The number of imidazole rings is 1. The number of rotatable bonds is 10. The molecule has 0 radical (unpaired) electrons. The Morgan fingerprint density at radius 1 is 1.06 bits per heavy atom. The van der Waals surface area contributed by atoms with Gasteiger partial charge in [-0.25, -0.2) is 13.8 Å². The molecule has 0 spiro atoms. The zero-order valence-corrected chi connectivity index (χ0v) is 28.3. The Labute approximate surface area is 281 Å². The minimum absolute atomic E-state index is 0.108. The third-order valence-electron chi connectivity index (χ3n) is 11.1. The number of carbonyl (C=O) groups is 1. The highest BCUT2D eigenvalue weighted by Crippen LogP contribution is 2.43. The maximum Gasteiger partial charge on any atom is 0.296 e. The molecule has 2 N–H and O–H groups in total. The Bertz CT molecular complexity index is 1570. The fraction of sp³-hybridized carbons (Fsp3) is 0.667. The number of fused-ring (bicyclic) bond motifs is 1. The lowest BCUT2D eigenvalue weighted by Crippen LogP contribution is -2.40. The summed E-state index contributed by atoms with van der Waals surface area (Å²) >= 11 is 0. The topological polar surface area (TPSA) is 116 Å². The Hall–Kier alpha value is -3.38. The van der Waals surface area contributed by atoms with E-state index in [4.69, 9.17) is 19.4 Å². The van der Waals surface area contributed by atoms with Gasteiger partial charge in [0.05, 0.1) is 24.2 Å². The zero-order chi connectivity index (χ0) is 33.4.